The van der Waals surface area contributed by atoms with E-state index in [2.05, 4.69) is 37.4 Å². The summed E-state index contributed by atoms with van der Waals surface area (Å²) in [6.07, 6.45) is 0. The first-order valence-electron chi connectivity index (χ1n) is 6.42. The van der Waals surface area contributed by atoms with E-state index in [0.29, 0.717) is 0 Å². The molecule has 100 valence electrons. The number of carbonyl (C=O) groups is 1. The molecule has 18 heavy (non-hydrogen) atoms. The number of nitrogens with two attached hydrogens (primary N) is 1. The number of nitrogens with one attached hydrogen (secondary N) is 1. The van der Waals surface area contributed by atoms with E-state index in [1.54, 1.807) is 0 Å². The maximum Gasteiger partial charge on any atom is 0.236 e. The Kier molecular flexibility index (Phi) is 5.65. The van der Waals surface area contributed by atoms with Crippen LogP contribution in [0.2, 0.25) is 0 Å². The Morgan fingerprint density at radius 3 is 2.67 bits per heavy atom. The standard InChI is InChI=1S/C14H23N3O/c1-4-16-9-12-8-11(3)6-7-13(12)17(5-2)10-14(15)18/h6-8,16H,4-5,9-10H2,1-3H3,(H2,15,18). The molecule has 0 spiro atoms. The Morgan fingerprint density at radius 1 is 1.39 bits per heavy atom. The molecule has 0 aliphatic heterocycles. The summed E-state index contributed by atoms with van der Waals surface area (Å²) in [4.78, 5) is 13.1. The second-order valence-electron chi connectivity index (χ2n) is 4.39. The van der Waals surface area contributed by atoms with Crippen LogP contribution in [0, 0.1) is 6.92 Å². The monoisotopic (exact) mass is 249 g/mol. The predicted molar refractivity (Wildman–Crippen MR) is 75.6 cm³/mol. The number of benzene rings is 1. The van der Waals surface area contributed by atoms with Crippen LogP contribution in [0.5, 0.6) is 0 Å². The number of rotatable bonds is 7. The largest absolute Gasteiger partial charge is 0.368 e. The van der Waals surface area contributed by atoms with Crippen LogP contribution in [0.25, 0.3) is 0 Å². The number of likely N-dealkylation sites (N-methyl/N-ethyl adjacent to an activating group) is 1. The van der Waals surface area contributed by atoms with Gasteiger partial charge in [0.25, 0.3) is 0 Å². The number of primary amides is 1. The molecule has 4 heteroatoms. The lowest BCUT2D eigenvalue weighted by Gasteiger charge is -2.25. The highest BCUT2D eigenvalue weighted by molar-refractivity contribution is 5.80. The first-order chi connectivity index (χ1) is 8.58. The summed E-state index contributed by atoms with van der Waals surface area (Å²) in [7, 11) is 0. The second-order valence-corrected chi connectivity index (χ2v) is 4.39. The zero-order valence-corrected chi connectivity index (χ0v) is 11.5. The van der Waals surface area contributed by atoms with Crippen LogP contribution in [0.3, 0.4) is 0 Å². The number of carbonyl (C=O) groups excluding carboxylic acids is 1. The lowest BCUT2D eigenvalue weighted by atomic mass is 10.1. The Hall–Kier alpha value is -1.55. The van der Waals surface area contributed by atoms with Crippen LogP contribution in [0.15, 0.2) is 18.2 Å². The number of anilines is 1. The van der Waals surface area contributed by atoms with E-state index in [-0.39, 0.29) is 12.5 Å². The molecule has 0 saturated heterocycles. The van der Waals surface area contributed by atoms with Crippen LogP contribution >= 0.6 is 0 Å². The van der Waals surface area contributed by atoms with Gasteiger partial charge in [-0.05, 0) is 32.0 Å². The maximum atomic E-state index is 11.1. The topological polar surface area (TPSA) is 58.4 Å². The molecule has 0 aromatic heterocycles. The van der Waals surface area contributed by atoms with Gasteiger partial charge in [0.2, 0.25) is 5.91 Å². The summed E-state index contributed by atoms with van der Waals surface area (Å²) >= 11 is 0. The van der Waals surface area contributed by atoms with E-state index in [9.17, 15) is 4.79 Å². The Morgan fingerprint density at radius 2 is 2.11 bits per heavy atom. The maximum absolute atomic E-state index is 11.1. The molecule has 0 heterocycles. The van der Waals surface area contributed by atoms with Crippen molar-refractivity contribution < 1.29 is 4.79 Å². The molecule has 0 unspecified atom stereocenters. The molecular formula is C14H23N3O. The van der Waals surface area contributed by atoms with Gasteiger partial charge >= 0.3 is 0 Å². The fourth-order valence-corrected chi connectivity index (χ4v) is 1.98. The summed E-state index contributed by atoms with van der Waals surface area (Å²) in [5.41, 5.74) is 8.81. The molecule has 0 bridgehead atoms. The Bertz CT molecular complexity index is 404. The number of aryl methyl sites for hydroxylation is 1. The van der Waals surface area contributed by atoms with E-state index in [1.165, 1.54) is 11.1 Å². The van der Waals surface area contributed by atoms with Crippen LogP contribution in [0.1, 0.15) is 25.0 Å². The number of hydrogen-bond acceptors (Lipinski definition) is 3. The highest BCUT2D eigenvalue weighted by atomic mass is 16.1. The Balaban J connectivity index is 2.99. The van der Waals surface area contributed by atoms with Crippen LogP contribution in [-0.2, 0) is 11.3 Å². The van der Waals surface area contributed by atoms with Gasteiger partial charge < -0.3 is 16.0 Å². The fraction of sp³-hybridized carbons (Fsp3) is 0.500. The molecule has 4 nitrogen and oxygen atoms in total. The molecule has 1 aromatic rings. The molecule has 1 amide bonds. The van der Waals surface area contributed by atoms with Crippen molar-refractivity contribution in [2.45, 2.75) is 27.3 Å². The zero-order valence-electron chi connectivity index (χ0n) is 11.5. The van der Waals surface area contributed by atoms with Crippen molar-refractivity contribution in [3.63, 3.8) is 0 Å². The van der Waals surface area contributed by atoms with E-state index in [4.69, 9.17) is 5.73 Å². The first kappa shape index (κ1) is 14.5. The van der Waals surface area contributed by atoms with Crippen molar-refractivity contribution in [3.05, 3.63) is 29.3 Å². The predicted octanol–water partition coefficient (Wildman–Crippen LogP) is 1.42. The third kappa shape index (κ3) is 4.04. The number of nitrogens with zero attached hydrogens (tertiary/aromatic N) is 1. The molecule has 3 N–H and O–H groups in total. The van der Waals surface area contributed by atoms with Gasteiger partial charge in [0, 0.05) is 18.8 Å². The van der Waals surface area contributed by atoms with Crippen molar-refractivity contribution >= 4 is 11.6 Å². The van der Waals surface area contributed by atoms with Crippen molar-refractivity contribution in [2.24, 2.45) is 5.73 Å². The van der Waals surface area contributed by atoms with Crippen LogP contribution in [0.4, 0.5) is 5.69 Å². The lowest BCUT2D eigenvalue weighted by molar-refractivity contribution is -0.116. The minimum Gasteiger partial charge on any atom is -0.368 e. The fourth-order valence-electron chi connectivity index (χ4n) is 1.98. The van der Waals surface area contributed by atoms with Crippen LogP contribution < -0.4 is 16.0 Å². The Labute approximate surface area is 109 Å². The van der Waals surface area contributed by atoms with Gasteiger partial charge in [-0.3, -0.25) is 4.79 Å². The van der Waals surface area contributed by atoms with Gasteiger partial charge in [0.1, 0.15) is 0 Å². The van der Waals surface area contributed by atoms with E-state index in [0.717, 1.165) is 25.3 Å². The molecule has 1 rings (SSSR count). The smallest absolute Gasteiger partial charge is 0.236 e. The minimum atomic E-state index is -0.299. The molecule has 1 aromatic carbocycles. The second kappa shape index (κ2) is 7.01. The highest BCUT2D eigenvalue weighted by Crippen LogP contribution is 2.21. The lowest BCUT2D eigenvalue weighted by Crippen LogP contribution is -2.34. The third-order valence-corrected chi connectivity index (χ3v) is 2.87. The van der Waals surface area contributed by atoms with E-state index in [1.807, 2.05) is 11.8 Å². The van der Waals surface area contributed by atoms with Crippen molar-refractivity contribution in [3.8, 4) is 0 Å². The van der Waals surface area contributed by atoms with Crippen molar-refractivity contribution in [2.75, 3.05) is 24.5 Å². The molecule has 0 radical (unpaired) electrons. The molecule has 0 fully saturated rings. The number of hydrogen-bond donors (Lipinski definition) is 2. The average molecular weight is 249 g/mol. The third-order valence-electron chi connectivity index (χ3n) is 2.87. The SMILES string of the molecule is CCNCc1cc(C)ccc1N(CC)CC(N)=O. The van der Waals surface area contributed by atoms with Gasteiger partial charge in [-0.2, -0.15) is 0 Å². The van der Waals surface area contributed by atoms with Crippen molar-refractivity contribution in [1.82, 2.24) is 5.32 Å². The molecule has 0 saturated carbocycles. The van der Waals surface area contributed by atoms with Crippen molar-refractivity contribution in [1.29, 1.82) is 0 Å². The van der Waals surface area contributed by atoms with Crippen LogP contribution in [-0.4, -0.2) is 25.5 Å². The summed E-state index contributed by atoms with van der Waals surface area (Å²) in [6.45, 7) is 8.95. The quantitative estimate of drug-likeness (QED) is 0.768. The molecule has 0 aliphatic carbocycles. The van der Waals surface area contributed by atoms with Gasteiger partial charge in [-0.1, -0.05) is 24.6 Å². The summed E-state index contributed by atoms with van der Waals surface area (Å²) in [5.74, 6) is -0.299. The highest BCUT2D eigenvalue weighted by Gasteiger charge is 2.11. The summed E-state index contributed by atoms with van der Waals surface area (Å²) < 4.78 is 0. The summed E-state index contributed by atoms with van der Waals surface area (Å²) in [5, 5.41) is 3.32. The summed E-state index contributed by atoms with van der Waals surface area (Å²) in [6, 6.07) is 6.28. The molecule has 0 atom stereocenters. The van der Waals surface area contributed by atoms with Gasteiger partial charge in [0.05, 0.1) is 6.54 Å². The van der Waals surface area contributed by atoms with E-state index >= 15 is 0 Å². The molecular weight excluding hydrogens is 226 g/mol. The minimum absolute atomic E-state index is 0.263. The van der Waals surface area contributed by atoms with Gasteiger partial charge in [-0.15, -0.1) is 0 Å². The number of amides is 1. The van der Waals surface area contributed by atoms with E-state index < -0.39 is 0 Å². The average Bonchev–Trinajstić information content (AvgIpc) is 2.33. The normalized spacial score (nSPS) is 10.4. The molecule has 0 aliphatic rings. The van der Waals surface area contributed by atoms with Gasteiger partial charge in [0.15, 0.2) is 0 Å². The van der Waals surface area contributed by atoms with Gasteiger partial charge in [-0.25, -0.2) is 0 Å². The first-order valence-corrected chi connectivity index (χ1v) is 6.42. The zero-order chi connectivity index (χ0) is 13.5.